The summed E-state index contributed by atoms with van der Waals surface area (Å²) in [4.78, 5) is 2.33. The molecule has 2 heterocycles. The molecule has 1 saturated heterocycles. The predicted molar refractivity (Wildman–Crippen MR) is 78.4 cm³/mol. The second-order valence-electron chi connectivity index (χ2n) is 5.73. The van der Waals surface area contributed by atoms with Crippen LogP contribution in [-0.2, 0) is 12.0 Å². The average Bonchev–Trinajstić information content (AvgIpc) is 3.07. The van der Waals surface area contributed by atoms with Crippen molar-refractivity contribution in [3.05, 3.63) is 53.3 Å². The standard InChI is InChI=1S/C16H21N3O/c1-13-4-2-3-5-15(13)16(20)7-9-19(12-16)8-6-14-10-17-18-11-14/h2-5,10-11,20H,6-9,12H2,1H3,(H,17,18)/t16-/m0/s1. The lowest BCUT2D eigenvalue weighted by Gasteiger charge is -2.25. The molecule has 0 unspecified atom stereocenters. The van der Waals surface area contributed by atoms with Crippen molar-refractivity contribution in [1.82, 2.24) is 15.1 Å². The fraction of sp³-hybridized carbons (Fsp3) is 0.438. The maximum absolute atomic E-state index is 10.9. The number of H-pyrrole nitrogens is 1. The number of aliphatic hydroxyl groups is 1. The lowest BCUT2D eigenvalue weighted by Crippen LogP contribution is -2.32. The molecule has 4 nitrogen and oxygen atoms in total. The number of hydrogen-bond donors (Lipinski definition) is 2. The number of benzene rings is 1. The molecule has 0 aliphatic carbocycles. The molecule has 0 bridgehead atoms. The third-order valence-corrected chi connectivity index (χ3v) is 4.24. The molecular weight excluding hydrogens is 250 g/mol. The molecule has 1 aliphatic rings. The summed E-state index contributed by atoms with van der Waals surface area (Å²) in [6.45, 7) is 4.70. The lowest BCUT2D eigenvalue weighted by atomic mass is 9.89. The number of hydrogen-bond acceptors (Lipinski definition) is 3. The maximum Gasteiger partial charge on any atom is 0.104 e. The summed E-state index contributed by atoms with van der Waals surface area (Å²) >= 11 is 0. The Hall–Kier alpha value is -1.65. The first-order valence-electron chi connectivity index (χ1n) is 7.16. The molecule has 0 radical (unpaired) electrons. The predicted octanol–water partition coefficient (Wildman–Crippen LogP) is 1.85. The third-order valence-electron chi connectivity index (χ3n) is 4.24. The summed E-state index contributed by atoms with van der Waals surface area (Å²) in [5, 5.41) is 17.7. The van der Waals surface area contributed by atoms with E-state index in [0.29, 0.717) is 0 Å². The average molecular weight is 271 g/mol. The van der Waals surface area contributed by atoms with Gasteiger partial charge in [-0.05, 0) is 36.5 Å². The highest BCUT2D eigenvalue weighted by molar-refractivity contribution is 5.32. The molecule has 1 aliphatic heterocycles. The third kappa shape index (κ3) is 2.62. The van der Waals surface area contributed by atoms with Crippen molar-refractivity contribution in [3.8, 4) is 0 Å². The molecule has 4 heteroatoms. The molecule has 0 amide bonds. The van der Waals surface area contributed by atoms with Crippen LogP contribution in [0.2, 0.25) is 0 Å². The molecule has 106 valence electrons. The Kier molecular flexibility index (Phi) is 3.59. The van der Waals surface area contributed by atoms with Crippen LogP contribution >= 0.6 is 0 Å². The van der Waals surface area contributed by atoms with E-state index in [4.69, 9.17) is 0 Å². The van der Waals surface area contributed by atoms with Crippen molar-refractivity contribution in [2.24, 2.45) is 0 Å². The molecule has 20 heavy (non-hydrogen) atoms. The SMILES string of the molecule is Cc1ccccc1[C@]1(O)CCN(CCc2cn[nH]c2)C1. The summed E-state index contributed by atoms with van der Waals surface area (Å²) in [6.07, 6.45) is 5.58. The van der Waals surface area contributed by atoms with Crippen LogP contribution in [0.1, 0.15) is 23.1 Å². The van der Waals surface area contributed by atoms with Gasteiger partial charge in [-0.15, -0.1) is 0 Å². The molecule has 2 N–H and O–H groups in total. The fourth-order valence-corrected chi connectivity index (χ4v) is 3.08. The van der Waals surface area contributed by atoms with E-state index in [1.165, 1.54) is 11.1 Å². The van der Waals surface area contributed by atoms with Crippen LogP contribution in [0.15, 0.2) is 36.7 Å². The van der Waals surface area contributed by atoms with Gasteiger partial charge in [-0.1, -0.05) is 24.3 Å². The molecule has 0 spiro atoms. The quantitative estimate of drug-likeness (QED) is 0.892. The van der Waals surface area contributed by atoms with E-state index in [0.717, 1.165) is 38.0 Å². The van der Waals surface area contributed by atoms with Gasteiger partial charge in [-0.2, -0.15) is 5.10 Å². The van der Waals surface area contributed by atoms with Crippen LogP contribution in [0.25, 0.3) is 0 Å². The molecule has 1 aromatic heterocycles. The second-order valence-corrected chi connectivity index (χ2v) is 5.73. The fourth-order valence-electron chi connectivity index (χ4n) is 3.08. The number of likely N-dealkylation sites (tertiary alicyclic amines) is 1. The van der Waals surface area contributed by atoms with E-state index in [-0.39, 0.29) is 0 Å². The summed E-state index contributed by atoms with van der Waals surface area (Å²) in [6, 6.07) is 8.15. The van der Waals surface area contributed by atoms with Gasteiger partial charge in [0.15, 0.2) is 0 Å². The number of nitrogens with one attached hydrogen (secondary N) is 1. The Labute approximate surface area is 119 Å². The van der Waals surface area contributed by atoms with Crippen molar-refractivity contribution in [2.75, 3.05) is 19.6 Å². The summed E-state index contributed by atoms with van der Waals surface area (Å²) in [7, 11) is 0. The number of aromatic amines is 1. The summed E-state index contributed by atoms with van der Waals surface area (Å²) in [5.41, 5.74) is 2.77. The number of nitrogens with zero attached hydrogens (tertiary/aromatic N) is 2. The van der Waals surface area contributed by atoms with Crippen LogP contribution in [0.3, 0.4) is 0 Å². The van der Waals surface area contributed by atoms with Gasteiger partial charge in [0.25, 0.3) is 0 Å². The zero-order chi connectivity index (χ0) is 14.0. The van der Waals surface area contributed by atoms with Gasteiger partial charge in [-0.3, -0.25) is 10.00 Å². The normalized spacial score (nSPS) is 23.3. The topological polar surface area (TPSA) is 52.1 Å². The van der Waals surface area contributed by atoms with E-state index < -0.39 is 5.60 Å². The molecule has 2 aromatic rings. The number of β-amino-alcohol motifs (C(OH)–C–C–N with tert-alkyl or cyclic N) is 1. The molecule has 1 fully saturated rings. The van der Waals surface area contributed by atoms with Crippen LogP contribution in [-0.4, -0.2) is 39.8 Å². The first-order chi connectivity index (χ1) is 9.67. The van der Waals surface area contributed by atoms with Crippen LogP contribution in [0.5, 0.6) is 0 Å². The highest BCUT2D eigenvalue weighted by Crippen LogP contribution is 2.33. The van der Waals surface area contributed by atoms with Gasteiger partial charge in [-0.25, -0.2) is 0 Å². The summed E-state index contributed by atoms with van der Waals surface area (Å²) < 4.78 is 0. The van der Waals surface area contributed by atoms with Crippen LogP contribution < -0.4 is 0 Å². The van der Waals surface area contributed by atoms with Crippen molar-refractivity contribution >= 4 is 0 Å². The highest BCUT2D eigenvalue weighted by atomic mass is 16.3. The molecule has 3 rings (SSSR count). The van der Waals surface area contributed by atoms with Crippen molar-refractivity contribution in [1.29, 1.82) is 0 Å². The van der Waals surface area contributed by atoms with E-state index in [9.17, 15) is 5.11 Å². The van der Waals surface area contributed by atoms with Gasteiger partial charge < -0.3 is 5.11 Å². The van der Waals surface area contributed by atoms with E-state index in [1.54, 1.807) is 0 Å². The molecule has 0 saturated carbocycles. The Balaban J connectivity index is 1.65. The smallest absolute Gasteiger partial charge is 0.104 e. The zero-order valence-electron chi connectivity index (χ0n) is 11.8. The first-order valence-corrected chi connectivity index (χ1v) is 7.16. The molecule has 1 aromatic carbocycles. The molecule has 1 atom stereocenters. The Morgan fingerprint density at radius 1 is 1.40 bits per heavy atom. The van der Waals surface area contributed by atoms with Gasteiger partial charge in [0.1, 0.15) is 5.60 Å². The van der Waals surface area contributed by atoms with Crippen LogP contribution in [0, 0.1) is 6.92 Å². The molecular formula is C16H21N3O. The van der Waals surface area contributed by atoms with Crippen molar-refractivity contribution < 1.29 is 5.11 Å². The maximum atomic E-state index is 10.9. The van der Waals surface area contributed by atoms with Gasteiger partial charge in [0.05, 0.1) is 6.20 Å². The Morgan fingerprint density at radius 2 is 2.25 bits per heavy atom. The first kappa shape index (κ1) is 13.3. The Morgan fingerprint density at radius 3 is 3.00 bits per heavy atom. The van der Waals surface area contributed by atoms with Gasteiger partial charge in [0.2, 0.25) is 0 Å². The summed E-state index contributed by atoms with van der Waals surface area (Å²) in [5.74, 6) is 0. The number of rotatable bonds is 4. The van der Waals surface area contributed by atoms with Gasteiger partial charge >= 0.3 is 0 Å². The van der Waals surface area contributed by atoms with E-state index in [2.05, 4.69) is 34.2 Å². The minimum absolute atomic E-state index is 0.693. The van der Waals surface area contributed by atoms with E-state index in [1.807, 2.05) is 24.5 Å². The Bertz CT molecular complexity index is 567. The van der Waals surface area contributed by atoms with Crippen molar-refractivity contribution in [3.63, 3.8) is 0 Å². The monoisotopic (exact) mass is 271 g/mol. The lowest BCUT2D eigenvalue weighted by molar-refractivity contribution is 0.0457. The van der Waals surface area contributed by atoms with Gasteiger partial charge in [0, 0.05) is 25.8 Å². The van der Waals surface area contributed by atoms with E-state index >= 15 is 0 Å². The minimum atomic E-state index is -0.693. The highest BCUT2D eigenvalue weighted by Gasteiger charge is 2.38. The second kappa shape index (κ2) is 5.38. The largest absolute Gasteiger partial charge is 0.384 e. The van der Waals surface area contributed by atoms with Crippen LogP contribution in [0.4, 0.5) is 0 Å². The van der Waals surface area contributed by atoms with Crippen molar-refractivity contribution in [2.45, 2.75) is 25.4 Å². The minimum Gasteiger partial charge on any atom is -0.384 e. The zero-order valence-corrected chi connectivity index (χ0v) is 11.8. The number of aromatic nitrogens is 2. The number of aryl methyl sites for hydroxylation is 1.